The molecule has 0 saturated heterocycles. The fourth-order valence-electron chi connectivity index (χ4n) is 2.44. The van der Waals surface area contributed by atoms with Crippen LogP contribution in [0, 0.1) is 12.3 Å². The van der Waals surface area contributed by atoms with Gasteiger partial charge in [-0.25, -0.2) is 14.5 Å². The summed E-state index contributed by atoms with van der Waals surface area (Å²) in [5.41, 5.74) is 5.09. The van der Waals surface area contributed by atoms with Crippen LogP contribution in [0.2, 0.25) is 0 Å². The Kier molecular flexibility index (Phi) is 7.68. The van der Waals surface area contributed by atoms with Crippen molar-refractivity contribution < 1.29 is 14.4 Å². The van der Waals surface area contributed by atoms with Gasteiger partial charge in [-0.05, 0) is 22.6 Å². The Hall–Kier alpha value is -4.23. The van der Waals surface area contributed by atoms with Crippen LogP contribution in [-0.2, 0) is 23.2 Å². The molecule has 10 nitrogen and oxygen atoms in total. The minimum atomic E-state index is -0.620. The maximum absolute atomic E-state index is 11.7. The van der Waals surface area contributed by atoms with E-state index in [1.54, 1.807) is 36.0 Å². The molecule has 0 fully saturated rings. The molecule has 2 aromatic heterocycles. The Morgan fingerprint density at radius 2 is 2.06 bits per heavy atom. The largest absolute Gasteiger partial charge is 0.448 e. The number of hydroxylamine groups is 1. The molecular weight excluding hydrogens is 398 g/mol. The van der Waals surface area contributed by atoms with E-state index < -0.39 is 6.09 Å². The van der Waals surface area contributed by atoms with Crippen molar-refractivity contribution in [1.82, 2.24) is 30.7 Å². The van der Waals surface area contributed by atoms with Gasteiger partial charge in [-0.2, -0.15) is 0 Å². The summed E-state index contributed by atoms with van der Waals surface area (Å²) in [7, 11) is 1.75. The van der Waals surface area contributed by atoms with Crippen molar-refractivity contribution in [3.05, 3.63) is 65.6 Å². The zero-order valence-electron chi connectivity index (χ0n) is 16.9. The molecule has 3 aromatic rings. The van der Waals surface area contributed by atoms with Crippen LogP contribution in [0.15, 0.2) is 48.5 Å². The molecule has 0 spiro atoms. The molecule has 2 heterocycles. The summed E-state index contributed by atoms with van der Waals surface area (Å²) in [6, 6.07) is 14.8. The van der Waals surface area contributed by atoms with E-state index in [-0.39, 0.29) is 13.2 Å². The molecule has 31 heavy (non-hydrogen) atoms. The molecule has 0 aliphatic heterocycles. The number of carbonyl (C=O) groups excluding carboxylic acids is 1. The summed E-state index contributed by atoms with van der Waals surface area (Å²) in [5, 5.41) is 14.0. The average Bonchev–Trinajstić information content (AvgIpc) is 3.18. The number of pyridine rings is 1. The normalized spacial score (nSPS) is 10.9. The topological polar surface area (TPSA) is 116 Å². The number of aromatic nitrogens is 5. The van der Waals surface area contributed by atoms with E-state index in [4.69, 9.17) is 16.0 Å². The molecule has 0 aliphatic rings. The third-order valence-electron chi connectivity index (χ3n) is 3.93. The predicted octanol–water partition coefficient (Wildman–Crippen LogP) is 2.40. The summed E-state index contributed by atoms with van der Waals surface area (Å²) in [6.45, 7) is 0.285. The number of terminal acetylenes is 1. The zero-order valence-corrected chi connectivity index (χ0v) is 16.9. The number of amides is 1. The maximum atomic E-state index is 11.7. The minimum Gasteiger partial charge on any atom is -0.448 e. The van der Waals surface area contributed by atoms with Crippen LogP contribution >= 0.6 is 0 Å². The van der Waals surface area contributed by atoms with E-state index in [2.05, 4.69) is 37.2 Å². The summed E-state index contributed by atoms with van der Waals surface area (Å²) >= 11 is 0. The Balaban J connectivity index is 1.62. The van der Waals surface area contributed by atoms with Gasteiger partial charge in [0, 0.05) is 25.1 Å². The first-order valence-corrected chi connectivity index (χ1v) is 9.36. The lowest BCUT2D eigenvalue weighted by Crippen LogP contribution is -2.16. The second kappa shape index (κ2) is 11.1. The van der Waals surface area contributed by atoms with Gasteiger partial charge in [0.2, 0.25) is 0 Å². The number of tetrazole rings is 1. The number of anilines is 1. The molecule has 158 valence electrons. The van der Waals surface area contributed by atoms with E-state index in [1.165, 1.54) is 0 Å². The lowest BCUT2D eigenvalue weighted by molar-refractivity contribution is 0.0629. The molecule has 0 saturated carbocycles. The third kappa shape index (κ3) is 6.66. The molecule has 10 heteroatoms. The van der Waals surface area contributed by atoms with E-state index in [0.717, 1.165) is 5.56 Å². The van der Waals surface area contributed by atoms with Gasteiger partial charge in [0.05, 0.1) is 11.4 Å². The first-order valence-electron chi connectivity index (χ1n) is 9.36. The monoisotopic (exact) mass is 419 g/mol. The average molecular weight is 419 g/mol. The fourth-order valence-corrected chi connectivity index (χ4v) is 2.44. The van der Waals surface area contributed by atoms with Crippen LogP contribution in [0.5, 0.6) is 0 Å². The van der Waals surface area contributed by atoms with Gasteiger partial charge in [-0.1, -0.05) is 36.4 Å². The summed E-state index contributed by atoms with van der Waals surface area (Å²) in [4.78, 5) is 21.7. The van der Waals surface area contributed by atoms with Crippen molar-refractivity contribution in [1.29, 1.82) is 0 Å². The van der Waals surface area contributed by atoms with Crippen LogP contribution in [0.3, 0.4) is 0 Å². The second-order valence-corrected chi connectivity index (χ2v) is 6.20. The molecule has 0 bridgehead atoms. The number of rotatable bonds is 9. The maximum Gasteiger partial charge on any atom is 0.412 e. The zero-order chi connectivity index (χ0) is 21.9. The molecule has 0 aliphatic carbocycles. The van der Waals surface area contributed by atoms with Crippen LogP contribution in [0.25, 0.3) is 11.8 Å². The molecule has 0 unspecified atom stereocenters. The Labute approximate surface area is 179 Å². The Morgan fingerprint density at radius 1 is 1.23 bits per heavy atom. The van der Waals surface area contributed by atoms with Crippen LogP contribution in [0.1, 0.15) is 23.5 Å². The number of nitrogens with zero attached hydrogens (tertiary/aromatic N) is 5. The van der Waals surface area contributed by atoms with Crippen LogP contribution in [-0.4, -0.2) is 37.9 Å². The molecule has 2 N–H and O–H groups in total. The SMILES string of the molecule is C#CCCOC(=O)Nc1cccc(CON/C(=C\c2nnnn2C)c2ccccc2)n1. The Bertz CT molecular complexity index is 1070. The molecule has 3 rings (SSSR count). The van der Waals surface area contributed by atoms with E-state index >= 15 is 0 Å². The van der Waals surface area contributed by atoms with Crippen molar-refractivity contribution in [2.24, 2.45) is 7.05 Å². The number of hydrogen-bond acceptors (Lipinski definition) is 8. The van der Waals surface area contributed by atoms with E-state index in [9.17, 15) is 4.79 Å². The van der Waals surface area contributed by atoms with Crippen LogP contribution in [0.4, 0.5) is 10.6 Å². The smallest absolute Gasteiger partial charge is 0.412 e. The number of benzene rings is 1. The third-order valence-corrected chi connectivity index (χ3v) is 3.93. The molecule has 1 amide bonds. The number of nitrogens with one attached hydrogen (secondary N) is 2. The molecule has 0 radical (unpaired) electrons. The predicted molar refractivity (Wildman–Crippen MR) is 114 cm³/mol. The molecular formula is C21H21N7O3. The van der Waals surface area contributed by atoms with E-state index in [1.807, 2.05) is 30.3 Å². The van der Waals surface area contributed by atoms with Gasteiger partial charge in [-0.3, -0.25) is 15.6 Å². The summed E-state index contributed by atoms with van der Waals surface area (Å²) in [6.07, 6.45) is 6.63. The van der Waals surface area contributed by atoms with Gasteiger partial charge in [0.15, 0.2) is 5.82 Å². The highest BCUT2D eigenvalue weighted by molar-refractivity contribution is 5.83. The van der Waals surface area contributed by atoms with Crippen molar-refractivity contribution in [3.63, 3.8) is 0 Å². The second-order valence-electron chi connectivity index (χ2n) is 6.20. The number of hydrogen-bond donors (Lipinski definition) is 2. The number of ether oxygens (including phenoxy) is 1. The highest BCUT2D eigenvalue weighted by Crippen LogP contribution is 2.15. The van der Waals surface area contributed by atoms with Crippen LogP contribution < -0.4 is 10.8 Å². The van der Waals surface area contributed by atoms with Gasteiger partial charge in [-0.15, -0.1) is 17.4 Å². The van der Waals surface area contributed by atoms with Gasteiger partial charge in [0.25, 0.3) is 0 Å². The molecule has 1 aromatic carbocycles. The Morgan fingerprint density at radius 3 is 2.81 bits per heavy atom. The molecule has 0 atom stereocenters. The lowest BCUT2D eigenvalue weighted by Gasteiger charge is -2.12. The van der Waals surface area contributed by atoms with Crippen molar-refractivity contribution in [2.75, 3.05) is 11.9 Å². The van der Waals surface area contributed by atoms with Gasteiger partial charge >= 0.3 is 6.09 Å². The fraction of sp³-hybridized carbons (Fsp3) is 0.190. The van der Waals surface area contributed by atoms with Gasteiger partial charge in [0.1, 0.15) is 19.0 Å². The first-order chi connectivity index (χ1) is 15.2. The minimum absolute atomic E-state index is 0.142. The lowest BCUT2D eigenvalue weighted by atomic mass is 10.1. The highest BCUT2D eigenvalue weighted by atomic mass is 16.6. The quantitative estimate of drug-likeness (QED) is 0.309. The highest BCUT2D eigenvalue weighted by Gasteiger charge is 2.08. The van der Waals surface area contributed by atoms with Crippen molar-refractivity contribution >= 4 is 23.7 Å². The number of carbonyl (C=O) groups is 1. The number of aryl methyl sites for hydroxylation is 1. The van der Waals surface area contributed by atoms with Crippen molar-refractivity contribution in [3.8, 4) is 12.3 Å². The summed E-state index contributed by atoms with van der Waals surface area (Å²) in [5.74, 6) is 3.30. The van der Waals surface area contributed by atoms with E-state index in [0.29, 0.717) is 29.5 Å². The summed E-state index contributed by atoms with van der Waals surface area (Å²) < 4.78 is 6.49. The van der Waals surface area contributed by atoms with Gasteiger partial charge < -0.3 is 4.74 Å². The standard InChI is InChI=1S/C21H21N7O3/c1-3-4-13-30-21(29)23-19-12-8-11-17(22-19)15-31-25-18(16-9-6-5-7-10-16)14-20-24-26-27-28(20)2/h1,5-12,14,25H,4,13,15H2,2H3,(H,22,23,29)/b18-14-. The van der Waals surface area contributed by atoms with Crippen molar-refractivity contribution in [2.45, 2.75) is 13.0 Å². The first kappa shape index (κ1) is 21.5.